The number of phenolic OH excluding ortho intramolecular Hbond substituents is 1. The molecule has 2 N–H and O–H groups in total. The van der Waals surface area contributed by atoms with Crippen molar-refractivity contribution in [2.75, 3.05) is 16.8 Å². The molecule has 0 spiro atoms. The number of halogens is 1. The van der Waals surface area contributed by atoms with Crippen LogP contribution >= 0.6 is 11.6 Å². The van der Waals surface area contributed by atoms with Crippen LogP contribution in [-0.4, -0.2) is 29.5 Å². The van der Waals surface area contributed by atoms with Crippen LogP contribution in [0.2, 0.25) is 0 Å². The SMILES string of the molecule is CCCCOC(=O)c1ccc(N2C(=O)C(Cl)=C(Nc3cccc(O)c3)C2=O)cc1. The summed E-state index contributed by atoms with van der Waals surface area (Å²) in [6, 6.07) is 12.0. The van der Waals surface area contributed by atoms with Gasteiger partial charge in [-0.2, -0.15) is 0 Å². The zero-order valence-electron chi connectivity index (χ0n) is 15.6. The van der Waals surface area contributed by atoms with Crippen LogP contribution in [0.5, 0.6) is 5.75 Å². The summed E-state index contributed by atoms with van der Waals surface area (Å²) >= 11 is 6.08. The third-order valence-electron chi connectivity index (χ3n) is 4.24. The van der Waals surface area contributed by atoms with E-state index in [4.69, 9.17) is 16.3 Å². The molecule has 1 aliphatic heterocycles. The van der Waals surface area contributed by atoms with Crippen LogP contribution in [0.1, 0.15) is 30.1 Å². The van der Waals surface area contributed by atoms with E-state index in [2.05, 4.69) is 5.32 Å². The highest BCUT2D eigenvalue weighted by atomic mass is 35.5. The summed E-state index contributed by atoms with van der Waals surface area (Å²) in [4.78, 5) is 38.2. The molecule has 0 bridgehead atoms. The molecule has 1 aliphatic rings. The van der Waals surface area contributed by atoms with Crippen LogP contribution in [0.4, 0.5) is 11.4 Å². The van der Waals surface area contributed by atoms with E-state index >= 15 is 0 Å². The van der Waals surface area contributed by atoms with Crippen LogP contribution < -0.4 is 10.2 Å². The molecule has 7 nitrogen and oxygen atoms in total. The number of rotatable bonds is 7. The molecular weight excluding hydrogens is 396 g/mol. The van der Waals surface area contributed by atoms with E-state index in [0.717, 1.165) is 17.7 Å². The number of benzene rings is 2. The zero-order valence-corrected chi connectivity index (χ0v) is 16.4. The highest BCUT2D eigenvalue weighted by Gasteiger charge is 2.39. The van der Waals surface area contributed by atoms with E-state index in [1.807, 2.05) is 6.92 Å². The normalized spacial score (nSPS) is 13.8. The number of unbranched alkanes of at least 4 members (excludes halogenated alkanes) is 1. The molecule has 0 saturated carbocycles. The molecule has 2 aromatic carbocycles. The Hall–Kier alpha value is -3.32. The van der Waals surface area contributed by atoms with Gasteiger partial charge in [0.05, 0.1) is 17.9 Å². The van der Waals surface area contributed by atoms with Crippen molar-refractivity contribution in [3.63, 3.8) is 0 Å². The van der Waals surface area contributed by atoms with Crippen molar-refractivity contribution in [2.24, 2.45) is 0 Å². The Morgan fingerprint density at radius 3 is 2.52 bits per heavy atom. The molecule has 29 heavy (non-hydrogen) atoms. The van der Waals surface area contributed by atoms with Crippen LogP contribution in [0, 0.1) is 0 Å². The standard InChI is InChI=1S/C21H19ClN2O5/c1-2-3-11-29-21(28)13-7-9-15(10-8-13)24-19(26)17(22)18(20(24)27)23-14-5-4-6-16(25)12-14/h4-10,12,23,25H,2-3,11H2,1H3. The van der Waals surface area contributed by atoms with Gasteiger partial charge in [-0.05, 0) is 42.8 Å². The number of carbonyl (C=O) groups is 3. The highest BCUT2D eigenvalue weighted by molar-refractivity contribution is 6.53. The van der Waals surface area contributed by atoms with Crippen molar-refractivity contribution in [1.82, 2.24) is 0 Å². The Labute approximate surface area is 172 Å². The van der Waals surface area contributed by atoms with Gasteiger partial charge in [0, 0.05) is 11.8 Å². The van der Waals surface area contributed by atoms with Gasteiger partial charge in [0.2, 0.25) is 0 Å². The van der Waals surface area contributed by atoms with E-state index in [1.54, 1.807) is 12.1 Å². The molecule has 2 aromatic rings. The summed E-state index contributed by atoms with van der Waals surface area (Å²) in [7, 11) is 0. The van der Waals surface area contributed by atoms with Crippen LogP contribution in [0.15, 0.2) is 59.3 Å². The van der Waals surface area contributed by atoms with Gasteiger partial charge in [0.25, 0.3) is 11.8 Å². The third kappa shape index (κ3) is 4.41. The number of imide groups is 1. The number of nitrogens with one attached hydrogen (secondary N) is 1. The maximum atomic E-state index is 12.8. The molecule has 0 aliphatic carbocycles. The number of aromatic hydroxyl groups is 1. The Kier molecular flexibility index (Phi) is 6.19. The number of hydrogen-bond acceptors (Lipinski definition) is 6. The predicted molar refractivity (Wildman–Crippen MR) is 109 cm³/mol. The van der Waals surface area contributed by atoms with E-state index in [-0.39, 0.29) is 22.2 Å². The average molecular weight is 415 g/mol. The summed E-state index contributed by atoms with van der Waals surface area (Å²) in [5, 5.41) is 12.1. The minimum absolute atomic E-state index is 0.00163. The molecule has 8 heteroatoms. The first-order valence-electron chi connectivity index (χ1n) is 9.04. The van der Waals surface area contributed by atoms with E-state index in [1.165, 1.54) is 36.4 Å². The van der Waals surface area contributed by atoms with E-state index in [0.29, 0.717) is 17.9 Å². The Bertz CT molecular complexity index is 985. The molecular formula is C21H19ClN2O5. The first kappa shape index (κ1) is 20.4. The van der Waals surface area contributed by atoms with Crippen molar-refractivity contribution in [1.29, 1.82) is 0 Å². The van der Waals surface area contributed by atoms with E-state index in [9.17, 15) is 19.5 Å². The van der Waals surface area contributed by atoms with Gasteiger partial charge in [-0.1, -0.05) is 31.0 Å². The fraction of sp³-hybridized carbons (Fsp3) is 0.190. The van der Waals surface area contributed by atoms with Crippen molar-refractivity contribution < 1.29 is 24.2 Å². The minimum Gasteiger partial charge on any atom is -0.508 e. The number of esters is 1. The molecule has 0 unspecified atom stereocenters. The van der Waals surface area contributed by atoms with Gasteiger partial charge < -0.3 is 15.2 Å². The van der Waals surface area contributed by atoms with Crippen LogP contribution in [0.3, 0.4) is 0 Å². The molecule has 0 fully saturated rings. The van der Waals surface area contributed by atoms with E-state index < -0.39 is 17.8 Å². The van der Waals surface area contributed by atoms with Crippen molar-refractivity contribution >= 4 is 40.8 Å². The van der Waals surface area contributed by atoms with Crippen molar-refractivity contribution in [3.8, 4) is 5.75 Å². The molecule has 150 valence electrons. The first-order chi connectivity index (χ1) is 13.9. The zero-order chi connectivity index (χ0) is 21.0. The fourth-order valence-electron chi connectivity index (χ4n) is 2.71. The number of carbonyl (C=O) groups excluding carboxylic acids is 3. The van der Waals surface area contributed by atoms with Crippen molar-refractivity contribution in [3.05, 3.63) is 64.8 Å². The van der Waals surface area contributed by atoms with Gasteiger partial charge in [0.15, 0.2) is 0 Å². The van der Waals surface area contributed by atoms with Gasteiger partial charge in [0.1, 0.15) is 16.5 Å². The maximum Gasteiger partial charge on any atom is 0.338 e. The molecule has 1 heterocycles. The number of anilines is 2. The monoisotopic (exact) mass is 414 g/mol. The Morgan fingerprint density at radius 2 is 1.86 bits per heavy atom. The lowest BCUT2D eigenvalue weighted by Crippen LogP contribution is -2.32. The van der Waals surface area contributed by atoms with Crippen LogP contribution in [-0.2, 0) is 14.3 Å². The fourth-order valence-corrected chi connectivity index (χ4v) is 2.93. The second kappa shape index (κ2) is 8.79. The van der Waals surface area contributed by atoms with Gasteiger partial charge >= 0.3 is 5.97 Å². The smallest absolute Gasteiger partial charge is 0.338 e. The lowest BCUT2D eigenvalue weighted by molar-refractivity contribution is -0.120. The summed E-state index contributed by atoms with van der Waals surface area (Å²) in [5.74, 6) is -1.78. The molecule has 2 amide bonds. The largest absolute Gasteiger partial charge is 0.508 e. The van der Waals surface area contributed by atoms with Gasteiger partial charge in [-0.15, -0.1) is 0 Å². The summed E-state index contributed by atoms with van der Waals surface area (Å²) in [6.07, 6.45) is 1.69. The predicted octanol–water partition coefficient (Wildman–Crippen LogP) is 3.78. The highest BCUT2D eigenvalue weighted by Crippen LogP contribution is 2.30. The molecule has 0 saturated heterocycles. The maximum absolute atomic E-state index is 12.8. The first-order valence-corrected chi connectivity index (χ1v) is 9.42. The summed E-state index contributed by atoms with van der Waals surface area (Å²) in [6.45, 7) is 2.33. The minimum atomic E-state index is -0.683. The number of ether oxygens (including phenoxy) is 1. The number of nitrogens with zero attached hydrogens (tertiary/aromatic N) is 1. The topological polar surface area (TPSA) is 95.9 Å². The van der Waals surface area contributed by atoms with Crippen molar-refractivity contribution in [2.45, 2.75) is 19.8 Å². The number of hydrogen-bond donors (Lipinski definition) is 2. The Balaban J connectivity index is 1.76. The lowest BCUT2D eigenvalue weighted by Gasteiger charge is -2.15. The van der Waals surface area contributed by atoms with Crippen LogP contribution in [0.25, 0.3) is 0 Å². The summed E-state index contributed by atoms with van der Waals surface area (Å²) in [5.41, 5.74) is 0.911. The van der Waals surface area contributed by atoms with Gasteiger partial charge in [-0.25, -0.2) is 9.69 Å². The number of phenols is 1. The second-order valence-corrected chi connectivity index (χ2v) is 6.72. The molecule has 0 aromatic heterocycles. The number of amides is 2. The average Bonchev–Trinajstić information content (AvgIpc) is 2.91. The Morgan fingerprint density at radius 1 is 1.14 bits per heavy atom. The third-order valence-corrected chi connectivity index (χ3v) is 4.59. The quantitative estimate of drug-likeness (QED) is 0.406. The molecule has 3 rings (SSSR count). The lowest BCUT2D eigenvalue weighted by atomic mass is 10.2. The second-order valence-electron chi connectivity index (χ2n) is 6.35. The molecule has 0 radical (unpaired) electrons. The summed E-state index contributed by atoms with van der Waals surface area (Å²) < 4.78 is 5.14. The van der Waals surface area contributed by atoms with Gasteiger partial charge in [-0.3, -0.25) is 9.59 Å². The molecule has 0 atom stereocenters.